The second kappa shape index (κ2) is 9.28. The van der Waals surface area contributed by atoms with Crippen LogP contribution in [0.2, 0.25) is 0 Å². The molecule has 0 atom stereocenters. The van der Waals surface area contributed by atoms with Gasteiger partial charge in [-0.25, -0.2) is 14.4 Å². The summed E-state index contributed by atoms with van der Waals surface area (Å²) in [6.07, 6.45) is 7.96. The van der Waals surface area contributed by atoms with Gasteiger partial charge in [0.2, 0.25) is 0 Å². The number of imidazole rings is 1. The zero-order valence-electron chi connectivity index (χ0n) is 21.7. The summed E-state index contributed by atoms with van der Waals surface area (Å²) in [6, 6.07) is 21.1. The quantitative estimate of drug-likeness (QED) is 0.216. The van der Waals surface area contributed by atoms with Crippen LogP contribution in [0, 0.1) is 5.82 Å². The number of anilines is 1. The fraction of sp³-hybridized carbons (Fsp3) is 0.0938. The summed E-state index contributed by atoms with van der Waals surface area (Å²) in [5.41, 5.74) is 2.51. The number of halogens is 1. The van der Waals surface area contributed by atoms with Crippen molar-refractivity contribution >= 4 is 48.9 Å². The Balaban J connectivity index is 1.33. The van der Waals surface area contributed by atoms with Gasteiger partial charge in [0.25, 0.3) is 0 Å². The van der Waals surface area contributed by atoms with Crippen molar-refractivity contribution in [3.63, 3.8) is 0 Å². The third-order valence-corrected chi connectivity index (χ3v) is 8.54. The zero-order chi connectivity index (χ0) is 27.5. The number of fused-ring (bicyclic) bond motifs is 4. The van der Waals surface area contributed by atoms with Crippen molar-refractivity contribution in [3.05, 3.63) is 108 Å². The van der Waals surface area contributed by atoms with Crippen molar-refractivity contribution in [1.29, 1.82) is 0 Å². The minimum absolute atomic E-state index is 0.239. The second-order valence-corrected chi connectivity index (χ2v) is 11.1. The molecule has 4 aromatic carbocycles. The molecule has 0 unspecified atom stereocenters. The molecule has 7 nitrogen and oxygen atoms in total. The van der Waals surface area contributed by atoms with Crippen LogP contribution in [0.4, 0.5) is 10.1 Å². The molecular weight excluding hydrogens is 537 g/mol. The highest BCUT2D eigenvalue weighted by Gasteiger charge is 2.28. The first-order valence-corrected chi connectivity index (χ1v) is 14.1. The zero-order valence-corrected chi connectivity index (χ0v) is 22.5. The lowest BCUT2D eigenvalue weighted by atomic mass is 10.0. The third-order valence-electron chi connectivity index (χ3n) is 7.47. The van der Waals surface area contributed by atoms with Gasteiger partial charge < -0.3 is 19.2 Å². The average molecular weight is 560 g/mol. The van der Waals surface area contributed by atoms with Crippen LogP contribution in [0.15, 0.2) is 96.4 Å². The highest BCUT2D eigenvalue weighted by molar-refractivity contribution is 7.21. The number of rotatable bonds is 6. The number of ether oxygens (including phenoxy) is 1. The predicted octanol–water partition coefficient (Wildman–Crippen LogP) is 7.36. The van der Waals surface area contributed by atoms with E-state index in [9.17, 15) is 4.79 Å². The monoisotopic (exact) mass is 559 g/mol. The number of aryl methyl sites for hydroxylation is 1. The average Bonchev–Trinajstić information content (AvgIpc) is 3.67. The van der Waals surface area contributed by atoms with Crippen LogP contribution >= 0.6 is 11.3 Å². The van der Waals surface area contributed by atoms with Gasteiger partial charge in [-0.15, -0.1) is 11.3 Å². The summed E-state index contributed by atoms with van der Waals surface area (Å²) in [5, 5.41) is 6.12. The minimum Gasteiger partial charge on any atom is -0.451 e. The van der Waals surface area contributed by atoms with Gasteiger partial charge in [-0.2, -0.15) is 0 Å². The van der Waals surface area contributed by atoms with Crippen LogP contribution in [0.1, 0.15) is 6.42 Å². The topological polar surface area (TPSA) is 74.0 Å². The lowest BCUT2D eigenvalue weighted by Crippen LogP contribution is -2.17. The normalized spacial score (nSPS) is 12.1. The van der Waals surface area contributed by atoms with Crippen molar-refractivity contribution in [3.8, 4) is 27.8 Å². The number of benzene rings is 4. The summed E-state index contributed by atoms with van der Waals surface area (Å²) in [4.78, 5) is 22.7. The molecular formula is C32H22FN5O2S. The fourth-order valence-corrected chi connectivity index (χ4v) is 6.47. The maximum absolute atomic E-state index is 15.8. The molecule has 8 rings (SSSR count). The first kappa shape index (κ1) is 23.8. The molecule has 41 heavy (non-hydrogen) atoms. The van der Waals surface area contributed by atoms with Crippen LogP contribution in [0.5, 0.6) is 11.5 Å². The van der Waals surface area contributed by atoms with Gasteiger partial charge in [0, 0.05) is 31.7 Å². The highest BCUT2D eigenvalue weighted by atomic mass is 32.1. The van der Waals surface area contributed by atoms with Crippen LogP contribution in [0.3, 0.4) is 0 Å². The molecule has 4 heterocycles. The van der Waals surface area contributed by atoms with E-state index >= 15 is 4.39 Å². The van der Waals surface area contributed by atoms with Crippen LogP contribution in [-0.2, 0) is 6.54 Å². The molecule has 1 aliphatic rings. The Kier molecular flexibility index (Phi) is 5.39. The van der Waals surface area contributed by atoms with Crippen molar-refractivity contribution < 1.29 is 9.13 Å². The number of nitrogens with one attached hydrogen (secondary N) is 1. The number of aromatic nitrogens is 4. The van der Waals surface area contributed by atoms with E-state index in [2.05, 4.69) is 10.3 Å². The lowest BCUT2D eigenvalue weighted by Gasteiger charge is -2.26. The van der Waals surface area contributed by atoms with Gasteiger partial charge >= 0.3 is 0 Å². The molecule has 1 aliphatic heterocycles. The Morgan fingerprint density at radius 1 is 1.02 bits per heavy atom. The molecule has 9 heteroatoms. The first-order chi connectivity index (χ1) is 20.1. The van der Waals surface area contributed by atoms with E-state index < -0.39 is 5.82 Å². The number of hydrogen-bond donors (Lipinski definition) is 1. The molecule has 0 bridgehead atoms. The van der Waals surface area contributed by atoms with Gasteiger partial charge in [-0.05, 0) is 47.5 Å². The van der Waals surface area contributed by atoms with E-state index in [4.69, 9.17) is 9.72 Å². The third kappa shape index (κ3) is 3.88. The molecule has 0 aliphatic carbocycles. The molecule has 0 saturated carbocycles. The Morgan fingerprint density at radius 2 is 1.85 bits per heavy atom. The molecule has 0 amide bonds. The summed E-state index contributed by atoms with van der Waals surface area (Å²) in [6.45, 7) is 1.25. The molecule has 0 radical (unpaired) electrons. The summed E-state index contributed by atoms with van der Waals surface area (Å²) >= 11 is 1.45. The Bertz CT molecular complexity index is 2150. The summed E-state index contributed by atoms with van der Waals surface area (Å²) in [7, 11) is 0. The van der Waals surface area contributed by atoms with Gasteiger partial charge in [0.05, 0.1) is 33.2 Å². The van der Waals surface area contributed by atoms with E-state index in [0.717, 1.165) is 39.6 Å². The number of para-hydroxylation sites is 1. The molecule has 0 spiro atoms. The lowest BCUT2D eigenvalue weighted by molar-refractivity contribution is 0.472. The van der Waals surface area contributed by atoms with Crippen molar-refractivity contribution in [2.24, 2.45) is 0 Å². The Morgan fingerprint density at radius 3 is 2.68 bits per heavy atom. The Hall–Kier alpha value is -5.02. The smallest absolute Gasteiger partial charge is 0.199 e. The molecule has 0 saturated heterocycles. The second-order valence-electron chi connectivity index (χ2n) is 10.0. The number of pyridine rings is 1. The van der Waals surface area contributed by atoms with Gasteiger partial charge in [0.15, 0.2) is 22.7 Å². The highest BCUT2D eigenvalue weighted by Crippen LogP contribution is 2.47. The minimum atomic E-state index is -0.538. The Labute approximate surface area is 237 Å². The van der Waals surface area contributed by atoms with E-state index in [1.807, 2.05) is 82.2 Å². The van der Waals surface area contributed by atoms with E-state index in [1.54, 1.807) is 12.5 Å². The summed E-state index contributed by atoms with van der Waals surface area (Å²) < 4.78 is 27.2. The van der Waals surface area contributed by atoms with E-state index in [-0.39, 0.29) is 16.5 Å². The molecule has 200 valence electrons. The maximum atomic E-state index is 15.8. The van der Waals surface area contributed by atoms with Gasteiger partial charge in [0.1, 0.15) is 16.2 Å². The predicted molar refractivity (Wildman–Crippen MR) is 161 cm³/mol. The standard InChI is InChI=1S/C32H22FN5O2S/c33-23-16-21-29-31(28(23)35-10-5-12-37-13-11-34-18-37)40-26-15-20-7-2-1-6-19(20)14-25(26)38(29)17-22(30(21)39)32-36-24-8-3-4-9-27(24)41-32/h1-4,6-9,11,13-18,35H,5,10,12H2. The van der Waals surface area contributed by atoms with E-state index in [0.29, 0.717) is 34.1 Å². The van der Waals surface area contributed by atoms with Crippen molar-refractivity contribution in [1.82, 2.24) is 19.1 Å². The van der Waals surface area contributed by atoms with Crippen LogP contribution in [0.25, 0.3) is 48.2 Å². The molecule has 3 aromatic heterocycles. The SMILES string of the molecule is O=c1c(-c2nc3ccccc3s2)cn2c3c(c(NCCCn4ccnc4)c(F)cc13)Oc1cc3ccccc3cc1-2. The first-order valence-electron chi connectivity index (χ1n) is 13.3. The number of thiazole rings is 1. The largest absolute Gasteiger partial charge is 0.451 e. The molecule has 0 fully saturated rings. The maximum Gasteiger partial charge on any atom is 0.199 e. The number of nitrogens with zero attached hydrogens (tertiary/aromatic N) is 4. The van der Waals surface area contributed by atoms with Crippen molar-refractivity contribution in [2.45, 2.75) is 13.0 Å². The van der Waals surface area contributed by atoms with E-state index in [1.165, 1.54) is 17.4 Å². The van der Waals surface area contributed by atoms with Crippen LogP contribution < -0.4 is 15.5 Å². The van der Waals surface area contributed by atoms with Gasteiger partial charge in [-0.1, -0.05) is 36.4 Å². The number of hydrogen-bond acceptors (Lipinski definition) is 6. The summed E-state index contributed by atoms with van der Waals surface area (Å²) in [5.74, 6) is 0.353. The molecule has 1 N–H and O–H groups in total. The van der Waals surface area contributed by atoms with Gasteiger partial charge in [-0.3, -0.25) is 4.79 Å². The van der Waals surface area contributed by atoms with Crippen molar-refractivity contribution in [2.75, 3.05) is 11.9 Å². The molecule has 7 aromatic rings. The van der Waals surface area contributed by atoms with Crippen LogP contribution in [-0.4, -0.2) is 25.6 Å². The fourth-order valence-electron chi connectivity index (χ4n) is 5.50.